The summed E-state index contributed by atoms with van der Waals surface area (Å²) in [5.41, 5.74) is 3.18. The van der Waals surface area contributed by atoms with E-state index in [-0.39, 0.29) is 30.3 Å². The fraction of sp³-hybridized carbons (Fsp3) is 0.348. The summed E-state index contributed by atoms with van der Waals surface area (Å²) in [6.07, 6.45) is 0.963. The molecular weight excluding hydrogens is 402 g/mol. The number of amides is 3. The van der Waals surface area contributed by atoms with Gasteiger partial charge in [0.05, 0.1) is 11.1 Å². The molecule has 0 aromatic heterocycles. The highest BCUT2D eigenvalue weighted by atomic mass is 35.5. The van der Waals surface area contributed by atoms with Gasteiger partial charge in [0.25, 0.3) is 11.8 Å². The molecule has 0 bridgehead atoms. The standard InChI is InChI=1S/C23H25N3O3.ClH/c1-14(2)20(26-22(28)17-9-5-6-10-18(17)23(26)29)21(27)25-13-19-16-8-4-3-7-15(16)11-12-24-19;/h3-10,14,19-20,24H,11-13H2,1-2H3,(H,25,27);1H. The van der Waals surface area contributed by atoms with Gasteiger partial charge in [-0.25, -0.2) is 0 Å². The largest absolute Gasteiger partial charge is 0.352 e. The number of imide groups is 1. The van der Waals surface area contributed by atoms with Crippen LogP contribution >= 0.6 is 12.4 Å². The predicted octanol–water partition coefficient (Wildman–Crippen LogP) is 2.73. The van der Waals surface area contributed by atoms with Crippen LogP contribution in [0.4, 0.5) is 0 Å². The fourth-order valence-electron chi connectivity index (χ4n) is 4.26. The van der Waals surface area contributed by atoms with E-state index in [1.165, 1.54) is 11.1 Å². The van der Waals surface area contributed by atoms with Gasteiger partial charge < -0.3 is 10.6 Å². The minimum atomic E-state index is -0.846. The Morgan fingerprint density at radius 3 is 2.30 bits per heavy atom. The van der Waals surface area contributed by atoms with E-state index in [0.717, 1.165) is 17.9 Å². The van der Waals surface area contributed by atoms with Crippen molar-refractivity contribution in [3.8, 4) is 0 Å². The van der Waals surface area contributed by atoms with Gasteiger partial charge in [-0.2, -0.15) is 0 Å². The van der Waals surface area contributed by atoms with E-state index in [4.69, 9.17) is 0 Å². The second kappa shape index (κ2) is 8.98. The molecule has 30 heavy (non-hydrogen) atoms. The lowest BCUT2D eigenvalue weighted by molar-refractivity contribution is -0.126. The first-order valence-corrected chi connectivity index (χ1v) is 10.0. The first-order chi connectivity index (χ1) is 14.0. The number of nitrogens with one attached hydrogen (secondary N) is 2. The number of hydrogen-bond donors (Lipinski definition) is 2. The van der Waals surface area contributed by atoms with Crippen molar-refractivity contribution >= 4 is 30.1 Å². The number of carbonyl (C=O) groups is 3. The molecule has 2 unspecified atom stereocenters. The Hall–Kier alpha value is -2.70. The molecular formula is C23H26ClN3O3. The Morgan fingerprint density at radius 2 is 1.67 bits per heavy atom. The third-order valence-electron chi connectivity index (χ3n) is 5.70. The fourth-order valence-corrected chi connectivity index (χ4v) is 4.26. The average molecular weight is 428 g/mol. The number of nitrogens with zero attached hydrogens (tertiary/aromatic N) is 1. The van der Waals surface area contributed by atoms with Crippen LogP contribution in [0, 0.1) is 5.92 Å². The molecule has 0 spiro atoms. The first-order valence-electron chi connectivity index (χ1n) is 10.0. The molecule has 2 heterocycles. The molecule has 7 heteroatoms. The monoisotopic (exact) mass is 427 g/mol. The van der Waals surface area contributed by atoms with Crippen LogP contribution in [0.3, 0.4) is 0 Å². The maximum atomic E-state index is 13.1. The zero-order valence-corrected chi connectivity index (χ0v) is 17.9. The SMILES string of the molecule is CC(C)C(C(=O)NCC1NCCc2ccccc21)N1C(=O)c2ccccc2C1=O.Cl. The quantitative estimate of drug-likeness (QED) is 0.719. The summed E-state index contributed by atoms with van der Waals surface area (Å²) in [6, 6.07) is 14.1. The maximum Gasteiger partial charge on any atom is 0.262 e. The highest BCUT2D eigenvalue weighted by Crippen LogP contribution is 2.27. The molecule has 0 radical (unpaired) electrons. The maximum absolute atomic E-state index is 13.1. The van der Waals surface area contributed by atoms with E-state index in [1.54, 1.807) is 24.3 Å². The molecule has 3 amide bonds. The molecule has 6 nitrogen and oxygen atoms in total. The predicted molar refractivity (Wildman–Crippen MR) is 117 cm³/mol. The minimum absolute atomic E-state index is 0. The molecule has 2 atom stereocenters. The first kappa shape index (κ1) is 22.0. The van der Waals surface area contributed by atoms with E-state index in [2.05, 4.69) is 22.8 Å². The van der Waals surface area contributed by atoms with Gasteiger partial charge in [0.1, 0.15) is 6.04 Å². The second-order valence-electron chi connectivity index (χ2n) is 7.92. The van der Waals surface area contributed by atoms with Gasteiger partial charge in [-0.1, -0.05) is 50.2 Å². The molecule has 0 fully saturated rings. The van der Waals surface area contributed by atoms with E-state index in [1.807, 2.05) is 26.0 Å². The highest BCUT2D eigenvalue weighted by Gasteiger charge is 2.43. The molecule has 4 rings (SSSR count). The smallest absolute Gasteiger partial charge is 0.262 e. The molecule has 0 aliphatic carbocycles. The number of benzene rings is 2. The van der Waals surface area contributed by atoms with Crippen LogP contribution in [0.15, 0.2) is 48.5 Å². The van der Waals surface area contributed by atoms with E-state index in [0.29, 0.717) is 17.7 Å². The average Bonchev–Trinajstić information content (AvgIpc) is 2.97. The number of hydrogen-bond acceptors (Lipinski definition) is 4. The normalized spacial score (nSPS) is 18.5. The summed E-state index contributed by atoms with van der Waals surface area (Å²) in [4.78, 5) is 39.9. The molecule has 158 valence electrons. The van der Waals surface area contributed by atoms with Crippen LogP contribution in [0.1, 0.15) is 51.7 Å². The van der Waals surface area contributed by atoms with Crippen LogP contribution < -0.4 is 10.6 Å². The number of rotatable bonds is 5. The number of carbonyl (C=O) groups excluding carboxylic acids is 3. The van der Waals surface area contributed by atoms with Crippen molar-refractivity contribution in [1.29, 1.82) is 0 Å². The summed E-state index contributed by atoms with van der Waals surface area (Å²) in [6.45, 7) is 4.95. The lowest BCUT2D eigenvalue weighted by Crippen LogP contribution is -2.53. The molecule has 2 N–H and O–H groups in total. The number of halogens is 1. The topological polar surface area (TPSA) is 78.5 Å². The van der Waals surface area contributed by atoms with E-state index < -0.39 is 17.9 Å². The zero-order valence-electron chi connectivity index (χ0n) is 17.1. The summed E-state index contributed by atoms with van der Waals surface area (Å²) in [5, 5.41) is 6.41. The zero-order chi connectivity index (χ0) is 20.5. The lowest BCUT2D eigenvalue weighted by atomic mass is 9.94. The van der Waals surface area contributed by atoms with Crippen LogP contribution in [-0.2, 0) is 11.2 Å². The van der Waals surface area contributed by atoms with Gasteiger partial charge in [0.2, 0.25) is 5.91 Å². The van der Waals surface area contributed by atoms with Crippen molar-refractivity contribution in [1.82, 2.24) is 15.5 Å². The van der Waals surface area contributed by atoms with Crippen molar-refractivity contribution in [3.05, 3.63) is 70.8 Å². The molecule has 2 aromatic rings. The summed E-state index contributed by atoms with van der Waals surface area (Å²) in [7, 11) is 0. The summed E-state index contributed by atoms with van der Waals surface area (Å²) < 4.78 is 0. The Morgan fingerprint density at radius 1 is 1.07 bits per heavy atom. The molecule has 2 aliphatic heterocycles. The minimum Gasteiger partial charge on any atom is -0.352 e. The lowest BCUT2D eigenvalue weighted by Gasteiger charge is -2.31. The Balaban J connectivity index is 0.00000256. The van der Waals surface area contributed by atoms with Crippen LogP contribution in [0.2, 0.25) is 0 Å². The third kappa shape index (κ3) is 3.85. The van der Waals surface area contributed by atoms with Crippen LogP contribution in [-0.4, -0.2) is 41.8 Å². The molecule has 0 saturated heterocycles. The van der Waals surface area contributed by atoms with Crippen molar-refractivity contribution < 1.29 is 14.4 Å². The Labute approximate surface area is 182 Å². The number of fused-ring (bicyclic) bond motifs is 2. The van der Waals surface area contributed by atoms with Crippen molar-refractivity contribution in [2.75, 3.05) is 13.1 Å². The highest BCUT2D eigenvalue weighted by molar-refractivity contribution is 6.22. The van der Waals surface area contributed by atoms with Crippen molar-refractivity contribution in [3.63, 3.8) is 0 Å². The van der Waals surface area contributed by atoms with E-state index >= 15 is 0 Å². The van der Waals surface area contributed by atoms with Gasteiger partial charge in [-0.3, -0.25) is 19.3 Å². The van der Waals surface area contributed by atoms with Gasteiger partial charge >= 0.3 is 0 Å². The van der Waals surface area contributed by atoms with Crippen molar-refractivity contribution in [2.45, 2.75) is 32.4 Å². The summed E-state index contributed by atoms with van der Waals surface area (Å²) >= 11 is 0. The van der Waals surface area contributed by atoms with E-state index in [9.17, 15) is 14.4 Å². The van der Waals surface area contributed by atoms with Gasteiger partial charge in [0, 0.05) is 12.6 Å². The second-order valence-corrected chi connectivity index (χ2v) is 7.92. The van der Waals surface area contributed by atoms with Crippen LogP contribution in [0.25, 0.3) is 0 Å². The Bertz CT molecular complexity index is 941. The molecule has 2 aromatic carbocycles. The van der Waals surface area contributed by atoms with Gasteiger partial charge in [0.15, 0.2) is 0 Å². The van der Waals surface area contributed by atoms with Crippen molar-refractivity contribution in [2.24, 2.45) is 5.92 Å². The van der Waals surface area contributed by atoms with Gasteiger partial charge in [-0.15, -0.1) is 12.4 Å². The van der Waals surface area contributed by atoms with Gasteiger partial charge in [-0.05, 0) is 42.1 Å². The Kier molecular flexibility index (Phi) is 6.58. The molecule has 2 aliphatic rings. The summed E-state index contributed by atoms with van der Waals surface area (Å²) in [5.74, 6) is -1.32. The molecule has 0 saturated carbocycles. The van der Waals surface area contributed by atoms with Crippen LogP contribution in [0.5, 0.6) is 0 Å². The third-order valence-corrected chi connectivity index (χ3v) is 5.70.